The number of hydrogen-bond acceptors (Lipinski definition) is 5. The number of amides is 1. The molecule has 27 heavy (non-hydrogen) atoms. The van der Waals surface area contributed by atoms with E-state index in [-0.39, 0.29) is 17.7 Å². The molecule has 5 atom stereocenters. The summed E-state index contributed by atoms with van der Waals surface area (Å²) in [6.07, 6.45) is 5.33. The molecule has 7 heteroatoms. The SMILES string of the molecule is COC(=O)c1c(NC(=O)[C@H]2[C@@H]3CC[C@@H](C3)[C@@H]2C(=O)O)sc2c1CC[C@@H](C)C2. The largest absolute Gasteiger partial charge is 0.481 e. The van der Waals surface area contributed by atoms with Crippen LogP contribution in [-0.2, 0) is 27.2 Å². The van der Waals surface area contributed by atoms with Gasteiger partial charge < -0.3 is 15.2 Å². The zero-order valence-electron chi connectivity index (χ0n) is 15.6. The molecule has 2 bridgehead atoms. The number of anilines is 1. The maximum atomic E-state index is 13.0. The number of methoxy groups -OCH3 is 1. The number of carboxylic acids is 1. The Balaban J connectivity index is 1.63. The number of hydrogen-bond donors (Lipinski definition) is 2. The Bertz CT molecular complexity index is 801. The summed E-state index contributed by atoms with van der Waals surface area (Å²) in [7, 11) is 1.35. The van der Waals surface area contributed by atoms with E-state index in [1.807, 2.05) is 0 Å². The van der Waals surface area contributed by atoms with Crippen molar-refractivity contribution >= 4 is 34.2 Å². The molecule has 1 amide bonds. The van der Waals surface area contributed by atoms with E-state index in [1.54, 1.807) is 0 Å². The smallest absolute Gasteiger partial charge is 0.341 e. The van der Waals surface area contributed by atoms with E-state index in [4.69, 9.17) is 4.74 Å². The summed E-state index contributed by atoms with van der Waals surface area (Å²) in [5.41, 5.74) is 1.45. The van der Waals surface area contributed by atoms with Crippen LogP contribution in [0.3, 0.4) is 0 Å². The number of aliphatic carboxylic acids is 1. The quantitative estimate of drug-likeness (QED) is 0.768. The number of carboxylic acid groups (broad SMARTS) is 1. The van der Waals surface area contributed by atoms with Gasteiger partial charge in [-0.25, -0.2) is 4.79 Å². The average molecular weight is 391 g/mol. The second-order valence-electron chi connectivity index (χ2n) is 8.26. The maximum Gasteiger partial charge on any atom is 0.341 e. The van der Waals surface area contributed by atoms with Crippen molar-refractivity contribution in [2.75, 3.05) is 12.4 Å². The van der Waals surface area contributed by atoms with Crippen LogP contribution in [0, 0.1) is 29.6 Å². The van der Waals surface area contributed by atoms with Crippen LogP contribution in [-0.4, -0.2) is 30.1 Å². The first-order valence-corrected chi connectivity index (χ1v) is 10.5. The van der Waals surface area contributed by atoms with Crippen LogP contribution in [0.2, 0.25) is 0 Å². The van der Waals surface area contributed by atoms with Crippen LogP contribution in [0.4, 0.5) is 5.00 Å². The Kier molecular flexibility index (Phi) is 4.74. The normalized spacial score (nSPS) is 31.4. The molecule has 6 nitrogen and oxygen atoms in total. The predicted molar refractivity (Wildman–Crippen MR) is 101 cm³/mol. The highest BCUT2D eigenvalue weighted by Gasteiger charge is 2.54. The van der Waals surface area contributed by atoms with Crippen LogP contribution in [0.5, 0.6) is 0 Å². The molecule has 1 aromatic rings. The third-order valence-corrected chi connectivity index (χ3v) is 7.81. The van der Waals surface area contributed by atoms with Gasteiger partial charge in [0.25, 0.3) is 0 Å². The summed E-state index contributed by atoms with van der Waals surface area (Å²) in [5, 5.41) is 13.1. The Morgan fingerprint density at radius 1 is 1.15 bits per heavy atom. The molecule has 0 unspecified atom stereocenters. The standard InChI is InChI=1S/C20H25NO5S/c1-9-3-6-12-13(7-9)27-18(16(12)20(25)26-2)21-17(22)14-10-4-5-11(8-10)15(14)19(23)24/h9-11,14-15H,3-8H2,1-2H3,(H,21,22)(H,23,24)/t9-,10-,11+,14+,15+/m1/s1. The van der Waals surface area contributed by atoms with E-state index in [0.717, 1.165) is 49.0 Å². The minimum absolute atomic E-state index is 0.0979. The Morgan fingerprint density at radius 2 is 1.85 bits per heavy atom. The fourth-order valence-corrected chi connectivity index (χ4v) is 6.78. The van der Waals surface area contributed by atoms with Crippen molar-refractivity contribution in [3.05, 3.63) is 16.0 Å². The van der Waals surface area contributed by atoms with Gasteiger partial charge in [0.2, 0.25) is 5.91 Å². The van der Waals surface area contributed by atoms with Crippen LogP contribution >= 0.6 is 11.3 Å². The minimum atomic E-state index is -0.880. The fraction of sp³-hybridized carbons (Fsp3) is 0.650. The van der Waals surface area contributed by atoms with Crippen molar-refractivity contribution in [3.63, 3.8) is 0 Å². The highest BCUT2D eigenvalue weighted by Crippen LogP contribution is 2.53. The van der Waals surface area contributed by atoms with Crippen LogP contribution in [0.1, 0.15) is 53.4 Å². The first-order valence-electron chi connectivity index (χ1n) is 9.67. The summed E-state index contributed by atoms with van der Waals surface area (Å²) in [5.74, 6) is -1.91. The number of fused-ring (bicyclic) bond motifs is 3. The van der Waals surface area contributed by atoms with Gasteiger partial charge in [0, 0.05) is 4.88 Å². The van der Waals surface area contributed by atoms with Gasteiger partial charge in [0.05, 0.1) is 24.5 Å². The summed E-state index contributed by atoms with van der Waals surface area (Å²) < 4.78 is 4.97. The lowest BCUT2D eigenvalue weighted by Gasteiger charge is -2.26. The molecule has 0 aliphatic heterocycles. The van der Waals surface area contributed by atoms with Crippen molar-refractivity contribution in [1.82, 2.24) is 0 Å². The molecule has 0 spiro atoms. The molecule has 0 radical (unpaired) electrons. The molecular weight excluding hydrogens is 366 g/mol. The van der Waals surface area contributed by atoms with Gasteiger partial charge in [0.15, 0.2) is 0 Å². The van der Waals surface area contributed by atoms with Crippen LogP contribution in [0.25, 0.3) is 0 Å². The van der Waals surface area contributed by atoms with Gasteiger partial charge in [-0.3, -0.25) is 9.59 Å². The molecule has 1 heterocycles. The second kappa shape index (κ2) is 6.93. The predicted octanol–water partition coefficient (Wildman–Crippen LogP) is 3.34. The number of nitrogens with one attached hydrogen (secondary N) is 1. The minimum Gasteiger partial charge on any atom is -0.481 e. The van der Waals surface area contributed by atoms with E-state index in [0.29, 0.717) is 16.5 Å². The number of rotatable bonds is 4. The van der Waals surface area contributed by atoms with E-state index < -0.39 is 23.8 Å². The molecule has 4 rings (SSSR count). The summed E-state index contributed by atoms with van der Waals surface area (Å²) in [6.45, 7) is 2.19. The van der Waals surface area contributed by atoms with E-state index in [1.165, 1.54) is 18.4 Å². The first kappa shape index (κ1) is 18.5. The molecule has 3 aliphatic rings. The topological polar surface area (TPSA) is 92.7 Å². The van der Waals surface area contributed by atoms with E-state index >= 15 is 0 Å². The number of carbonyl (C=O) groups excluding carboxylic acids is 2. The zero-order chi connectivity index (χ0) is 19.3. The molecule has 2 saturated carbocycles. The molecule has 0 saturated heterocycles. The van der Waals surface area contributed by atoms with E-state index in [2.05, 4.69) is 12.2 Å². The van der Waals surface area contributed by atoms with Gasteiger partial charge in [-0.05, 0) is 61.8 Å². The van der Waals surface area contributed by atoms with E-state index in [9.17, 15) is 19.5 Å². The second-order valence-corrected chi connectivity index (χ2v) is 9.36. The van der Waals surface area contributed by atoms with Crippen LogP contribution in [0.15, 0.2) is 0 Å². The molecule has 3 aliphatic carbocycles. The van der Waals surface area contributed by atoms with Gasteiger partial charge in [-0.1, -0.05) is 6.92 Å². The monoisotopic (exact) mass is 391 g/mol. The highest BCUT2D eigenvalue weighted by molar-refractivity contribution is 7.17. The molecule has 146 valence electrons. The van der Waals surface area contributed by atoms with Crippen molar-refractivity contribution in [3.8, 4) is 0 Å². The van der Waals surface area contributed by atoms with Gasteiger partial charge in [-0.15, -0.1) is 11.3 Å². The van der Waals surface area contributed by atoms with Crippen molar-refractivity contribution in [2.24, 2.45) is 29.6 Å². The Hall–Kier alpha value is -1.89. The summed E-state index contributed by atoms with van der Waals surface area (Å²) in [6, 6.07) is 0. The van der Waals surface area contributed by atoms with Crippen molar-refractivity contribution in [1.29, 1.82) is 0 Å². The van der Waals surface area contributed by atoms with Gasteiger partial charge in [-0.2, -0.15) is 0 Å². The van der Waals surface area contributed by atoms with Crippen LogP contribution < -0.4 is 5.32 Å². The third-order valence-electron chi connectivity index (χ3n) is 6.64. The van der Waals surface area contributed by atoms with Gasteiger partial charge in [0.1, 0.15) is 5.00 Å². The molecular formula is C20H25NO5S. The Labute approximate surface area is 162 Å². The summed E-state index contributed by atoms with van der Waals surface area (Å²) >= 11 is 1.45. The van der Waals surface area contributed by atoms with Crippen molar-refractivity contribution in [2.45, 2.75) is 45.4 Å². The number of carbonyl (C=O) groups is 3. The lowest BCUT2D eigenvalue weighted by atomic mass is 9.78. The number of ether oxygens (including phenoxy) is 1. The molecule has 2 N–H and O–H groups in total. The lowest BCUT2D eigenvalue weighted by Crippen LogP contribution is -2.38. The third kappa shape index (κ3) is 3.06. The maximum absolute atomic E-state index is 13.0. The molecule has 0 aromatic carbocycles. The molecule has 2 fully saturated rings. The van der Waals surface area contributed by atoms with Crippen molar-refractivity contribution < 1.29 is 24.2 Å². The van der Waals surface area contributed by atoms with Gasteiger partial charge >= 0.3 is 11.9 Å². The molecule has 1 aromatic heterocycles. The average Bonchev–Trinajstić information content (AvgIpc) is 3.32. The number of thiophene rings is 1. The number of esters is 1. The lowest BCUT2D eigenvalue weighted by molar-refractivity contribution is -0.148. The fourth-order valence-electron chi connectivity index (χ4n) is 5.38. The Morgan fingerprint density at radius 3 is 2.52 bits per heavy atom. The zero-order valence-corrected chi connectivity index (χ0v) is 16.4. The summed E-state index contributed by atoms with van der Waals surface area (Å²) in [4.78, 5) is 38.3. The first-order chi connectivity index (χ1) is 12.9. The highest BCUT2D eigenvalue weighted by atomic mass is 32.1.